The van der Waals surface area contributed by atoms with E-state index < -0.39 is 29.3 Å². The molecule has 0 fully saturated rings. The van der Waals surface area contributed by atoms with Gasteiger partial charge in [0.25, 0.3) is 5.91 Å². The SMILES string of the molecule is CC1=C(CC(=O)C[C@@H](Cc2cc(F)cc(F)c2)c2ncccc2-c2ccc(F)c(C(N)=O)c2)C(c2ccccc2)=NC1. The third-order valence-corrected chi connectivity index (χ3v) is 7.34. The van der Waals surface area contributed by atoms with Crippen LogP contribution >= 0.6 is 0 Å². The van der Waals surface area contributed by atoms with Crippen LogP contribution in [0.5, 0.6) is 0 Å². The van der Waals surface area contributed by atoms with Gasteiger partial charge in [-0.3, -0.25) is 19.6 Å². The quantitative estimate of drug-likeness (QED) is 0.230. The highest BCUT2D eigenvalue weighted by Crippen LogP contribution is 2.34. The minimum atomic E-state index is -0.919. The van der Waals surface area contributed by atoms with E-state index in [4.69, 9.17) is 5.73 Å². The summed E-state index contributed by atoms with van der Waals surface area (Å²) in [6, 6.07) is 20.3. The van der Waals surface area contributed by atoms with E-state index in [0.717, 1.165) is 34.6 Å². The topological polar surface area (TPSA) is 85.4 Å². The van der Waals surface area contributed by atoms with Gasteiger partial charge in [0, 0.05) is 36.6 Å². The Balaban J connectivity index is 1.51. The Labute approximate surface area is 241 Å². The fourth-order valence-electron chi connectivity index (χ4n) is 5.38. The van der Waals surface area contributed by atoms with Gasteiger partial charge in [-0.2, -0.15) is 0 Å². The Bertz CT molecular complexity index is 1710. The number of rotatable bonds is 10. The lowest BCUT2D eigenvalue weighted by Crippen LogP contribution is -2.16. The number of carbonyl (C=O) groups excluding carboxylic acids is 2. The number of aromatic nitrogens is 1. The smallest absolute Gasteiger partial charge is 0.251 e. The molecule has 1 amide bonds. The molecular weight excluding hydrogens is 539 g/mol. The molecule has 0 saturated heterocycles. The average molecular weight is 568 g/mol. The minimum absolute atomic E-state index is 0.0187. The molecule has 4 aromatic rings. The molecule has 2 heterocycles. The van der Waals surface area contributed by atoms with Crippen molar-refractivity contribution in [3.8, 4) is 11.1 Å². The number of hydrogen-bond acceptors (Lipinski definition) is 4. The average Bonchev–Trinajstić information content (AvgIpc) is 3.32. The number of benzene rings is 3. The first-order chi connectivity index (χ1) is 20.2. The molecule has 212 valence electrons. The molecule has 42 heavy (non-hydrogen) atoms. The van der Waals surface area contributed by atoms with Gasteiger partial charge in [-0.25, -0.2) is 13.2 Å². The summed E-state index contributed by atoms with van der Waals surface area (Å²) in [5.74, 6) is -3.80. The highest BCUT2D eigenvalue weighted by Gasteiger charge is 2.26. The highest BCUT2D eigenvalue weighted by atomic mass is 19.1. The Morgan fingerprint density at radius 1 is 0.905 bits per heavy atom. The highest BCUT2D eigenvalue weighted by molar-refractivity contribution is 6.16. The zero-order valence-corrected chi connectivity index (χ0v) is 22.9. The summed E-state index contributed by atoms with van der Waals surface area (Å²) >= 11 is 0. The Kier molecular flexibility index (Phi) is 8.43. The monoisotopic (exact) mass is 567 g/mol. The number of nitrogens with two attached hydrogens (primary N) is 1. The normalized spacial score (nSPS) is 13.7. The first-order valence-corrected chi connectivity index (χ1v) is 13.5. The Morgan fingerprint density at radius 2 is 1.64 bits per heavy atom. The lowest BCUT2D eigenvalue weighted by molar-refractivity contribution is -0.118. The van der Waals surface area contributed by atoms with Crippen LogP contribution in [0.3, 0.4) is 0 Å². The summed E-state index contributed by atoms with van der Waals surface area (Å²) in [4.78, 5) is 34.7. The van der Waals surface area contributed by atoms with Gasteiger partial charge in [-0.05, 0) is 71.5 Å². The maximum Gasteiger partial charge on any atom is 0.251 e. The number of pyridine rings is 1. The number of allylic oxidation sites excluding steroid dienone is 1. The summed E-state index contributed by atoms with van der Waals surface area (Å²) < 4.78 is 42.5. The molecule has 1 atom stereocenters. The van der Waals surface area contributed by atoms with Gasteiger partial charge >= 0.3 is 0 Å². The third kappa shape index (κ3) is 6.38. The van der Waals surface area contributed by atoms with Crippen LogP contribution in [0.2, 0.25) is 0 Å². The first-order valence-electron chi connectivity index (χ1n) is 13.5. The van der Waals surface area contributed by atoms with Crippen LogP contribution in [0.1, 0.15) is 52.9 Å². The summed E-state index contributed by atoms with van der Waals surface area (Å²) in [5, 5.41) is 0. The van der Waals surface area contributed by atoms with Crippen LogP contribution < -0.4 is 5.73 Å². The molecule has 0 bridgehead atoms. The molecule has 2 N–H and O–H groups in total. The summed E-state index contributed by atoms with van der Waals surface area (Å²) in [6.45, 7) is 2.47. The maximum atomic E-state index is 14.3. The van der Waals surface area contributed by atoms with Gasteiger partial charge in [0.15, 0.2) is 0 Å². The number of nitrogens with zero attached hydrogens (tertiary/aromatic N) is 2. The fraction of sp³-hybridized carbons (Fsp3) is 0.176. The molecule has 0 spiro atoms. The van der Waals surface area contributed by atoms with Crippen molar-refractivity contribution in [1.82, 2.24) is 4.98 Å². The van der Waals surface area contributed by atoms with Crippen molar-refractivity contribution < 1.29 is 22.8 Å². The van der Waals surface area contributed by atoms with Gasteiger partial charge in [-0.1, -0.05) is 42.5 Å². The lowest BCUT2D eigenvalue weighted by Gasteiger charge is -2.20. The maximum absolute atomic E-state index is 14.3. The molecule has 0 unspecified atom stereocenters. The molecule has 1 aliphatic rings. The van der Waals surface area contributed by atoms with Crippen LogP contribution in [0.15, 0.2) is 101 Å². The number of ketones is 1. The van der Waals surface area contributed by atoms with Gasteiger partial charge in [0.2, 0.25) is 0 Å². The van der Waals surface area contributed by atoms with E-state index in [1.807, 2.05) is 37.3 Å². The third-order valence-electron chi connectivity index (χ3n) is 7.34. The van der Waals surface area contributed by atoms with E-state index in [0.29, 0.717) is 28.9 Å². The second-order valence-electron chi connectivity index (χ2n) is 10.4. The van der Waals surface area contributed by atoms with Gasteiger partial charge in [0.1, 0.15) is 23.2 Å². The molecule has 3 aromatic carbocycles. The van der Waals surface area contributed by atoms with E-state index in [2.05, 4.69) is 9.98 Å². The molecule has 0 saturated carbocycles. The fourth-order valence-corrected chi connectivity index (χ4v) is 5.38. The molecule has 1 aliphatic heterocycles. The second-order valence-corrected chi connectivity index (χ2v) is 10.4. The lowest BCUT2D eigenvalue weighted by atomic mass is 9.85. The van der Waals surface area contributed by atoms with E-state index in [1.54, 1.807) is 18.3 Å². The first kappa shape index (κ1) is 28.7. The number of primary amides is 1. The van der Waals surface area contributed by atoms with Crippen LogP contribution in [0.25, 0.3) is 11.1 Å². The van der Waals surface area contributed by atoms with Crippen LogP contribution in [-0.2, 0) is 11.2 Å². The largest absolute Gasteiger partial charge is 0.366 e. The number of halogens is 3. The number of amides is 1. The molecule has 8 heteroatoms. The van der Waals surface area contributed by atoms with Crippen LogP contribution in [0.4, 0.5) is 13.2 Å². The van der Waals surface area contributed by atoms with Crippen LogP contribution in [0, 0.1) is 17.5 Å². The number of aliphatic imine (C=N–C) groups is 1. The number of carbonyl (C=O) groups is 2. The number of Topliss-reactive ketones (excluding diaryl/α,β-unsaturated/α-hetero) is 1. The van der Waals surface area contributed by atoms with Gasteiger partial charge in [0.05, 0.1) is 23.5 Å². The van der Waals surface area contributed by atoms with Crippen molar-refractivity contribution in [2.24, 2.45) is 10.7 Å². The molecule has 1 aromatic heterocycles. The second kappa shape index (κ2) is 12.3. The van der Waals surface area contributed by atoms with Gasteiger partial charge in [-0.15, -0.1) is 0 Å². The molecule has 0 aliphatic carbocycles. The van der Waals surface area contributed by atoms with E-state index in [1.165, 1.54) is 24.3 Å². The van der Waals surface area contributed by atoms with Crippen molar-refractivity contribution in [3.63, 3.8) is 0 Å². The zero-order valence-electron chi connectivity index (χ0n) is 22.9. The van der Waals surface area contributed by atoms with Crippen molar-refractivity contribution >= 4 is 17.4 Å². The van der Waals surface area contributed by atoms with Crippen molar-refractivity contribution in [1.29, 1.82) is 0 Å². The van der Waals surface area contributed by atoms with Crippen LogP contribution in [-0.4, -0.2) is 28.9 Å². The van der Waals surface area contributed by atoms with E-state index in [9.17, 15) is 22.8 Å². The molecular formula is C34H28F3N3O2. The van der Waals surface area contributed by atoms with Crippen molar-refractivity contribution in [2.75, 3.05) is 6.54 Å². The van der Waals surface area contributed by atoms with E-state index in [-0.39, 0.29) is 30.6 Å². The Hall–Kier alpha value is -4.85. The predicted molar refractivity (Wildman–Crippen MR) is 156 cm³/mol. The number of hydrogen-bond donors (Lipinski definition) is 1. The molecule has 5 rings (SSSR count). The van der Waals surface area contributed by atoms with Crippen molar-refractivity contribution in [2.45, 2.75) is 32.1 Å². The summed E-state index contributed by atoms with van der Waals surface area (Å²) in [5.41, 5.74) is 10.6. The minimum Gasteiger partial charge on any atom is -0.366 e. The summed E-state index contributed by atoms with van der Waals surface area (Å²) in [7, 11) is 0. The van der Waals surface area contributed by atoms with E-state index >= 15 is 0 Å². The van der Waals surface area contributed by atoms with Gasteiger partial charge < -0.3 is 5.73 Å². The standard InChI is InChI=1S/C34H28F3N3O2/c1-20-19-40-32(22-6-3-2-4-7-22)29(20)18-27(41)15-24(12-21-13-25(35)17-26(36)14-21)33-28(8-5-11-39-33)23-9-10-31(37)30(16-23)34(38)42/h2-11,13-14,16-17,24H,12,15,18-19H2,1H3,(H2,38,42)/t24-/m1/s1. The zero-order chi connectivity index (χ0) is 29.8. The Morgan fingerprint density at radius 3 is 2.36 bits per heavy atom. The summed E-state index contributed by atoms with van der Waals surface area (Å²) in [6.07, 6.45) is 1.83. The molecule has 5 nitrogen and oxygen atoms in total. The predicted octanol–water partition coefficient (Wildman–Crippen LogP) is 6.76. The van der Waals surface area contributed by atoms with Crippen molar-refractivity contribution in [3.05, 3.63) is 136 Å². The molecule has 0 radical (unpaired) electrons.